The van der Waals surface area contributed by atoms with Gasteiger partial charge in [-0.3, -0.25) is 0 Å². The monoisotopic (exact) mass is 337 g/mol. The minimum Gasteiger partial charge on any atom is -0.494 e. The fraction of sp³-hybridized carbons (Fsp3) is 0.125. The lowest BCUT2D eigenvalue weighted by molar-refractivity contribution is 0.0513. The number of methoxy groups -OCH3 is 1. The van der Waals surface area contributed by atoms with E-state index in [1.165, 1.54) is 19.2 Å². The van der Waals surface area contributed by atoms with Gasteiger partial charge in [-0.15, -0.1) is 0 Å². The average Bonchev–Trinajstić information content (AvgIpc) is 2.54. The zero-order chi connectivity index (χ0) is 16.1. The van der Waals surface area contributed by atoms with Crippen molar-refractivity contribution in [2.45, 2.75) is 6.92 Å². The molecule has 2 aromatic carbocycles. The third-order valence-electron chi connectivity index (χ3n) is 2.92. The second-order valence-corrected chi connectivity index (χ2v) is 5.17. The molecule has 114 valence electrons. The number of nitrogens with zero attached hydrogens (tertiary/aromatic N) is 1. The van der Waals surface area contributed by atoms with E-state index in [-0.39, 0.29) is 21.4 Å². The van der Waals surface area contributed by atoms with Crippen molar-refractivity contribution in [2.24, 2.45) is 5.16 Å². The molecule has 2 rings (SSSR count). The van der Waals surface area contributed by atoms with E-state index < -0.39 is 5.97 Å². The van der Waals surface area contributed by atoms with E-state index in [0.717, 1.165) is 5.56 Å². The van der Waals surface area contributed by atoms with Gasteiger partial charge in [0, 0.05) is 0 Å². The van der Waals surface area contributed by atoms with Gasteiger partial charge in [0.2, 0.25) is 0 Å². The Morgan fingerprint density at radius 3 is 2.32 bits per heavy atom. The number of carbonyl (C=O) groups is 1. The van der Waals surface area contributed by atoms with Crippen LogP contribution in [0.25, 0.3) is 0 Å². The second kappa shape index (κ2) is 7.29. The molecule has 0 aliphatic heterocycles. The van der Waals surface area contributed by atoms with Crippen LogP contribution in [0.1, 0.15) is 22.8 Å². The number of halogens is 2. The number of hydrogen-bond donors (Lipinski definition) is 0. The lowest BCUT2D eigenvalue weighted by Gasteiger charge is -2.09. The van der Waals surface area contributed by atoms with Crippen LogP contribution in [0.2, 0.25) is 10.0 Å². The topological polar surface area (TPSA) is 47.9 Å². The standard InChI is InChI=1S/C16H13Cl2NO3/c1-10(11-6-4-3-5-7-11)19-22-16(20)14-12(17)8-9-13(18)15(14)21-2/h3-9H,1-2H3. The van der Waals surface area contributed by atoms with Crippen LogP contribution >= 0.6 is 23.2 Å². The Bertz CT molecular complexity index is 715. The molecule has 0 heterocycles. The third-order valence-corrected chi connectivity index (χ3v) is 3.54. The molecule has 0 amide bonds. The van der Waals surface area contributed by atoms with E-state index in [1.54, 1.807) is 6.92 Å². The predicted molar refractivity (Wildman–Crippen MR) is 87.1 cm³/mol. The largest absolute Gasteiger partial charge is 0.494 e. The summed E-state index contributed by atoms with van der Waals surface area (Å²) in [7, 11) is 1.40. The van der Waals surface area contributed by atoms with Gasteiger partial charge in [0.25, 0.3) is 0 Å². The highest BCUT2D eigenvalue weighted by Crippen LogP contribution is 2.34. The van der Waals surface area contributed by atoms with Crippen molar-refractivity contribution < 1.29 is 14.4 Å². The minimum atomic E-state index is -0.736. The molecular formula is C16H13Cl2NO3. The van der Waals surface area contributed by atoms with Gasteiger partial charge in [0.1, 0.15) is 5.56 Å². The zero-order valence-corrected chi connectivity index (χ0v) is 13.5. The SMILES string of the molecule is COc1c(Cl)ccc(Cl)c1C(=O)ON=C(C)c1ccccc1. The van der Waals surface area contributed by atoms with Crippen LogP contribution in [-0.4, -0.2) is 18.8 Å². The van der Waals surface area contributed by atoms with E-state index in [0.29, 0.717) is 5.71 Å². The summed E-state index contributed by atoms with van der Waals surface area (Å²) in [6, 6.07) is 12.4. The van der Waals surface area contributed by atoms with Crippen molar-refractivity contribution in [3.8, 4) is 5.75 Å². The number of carbonyl (C=O) groups excluding carboxylic acids is 1. The Balaban J connectivity index is 2.25. The molecule has 0 atom stereocenters. The Labute approximate surface area is 138 Å². The minimum absolute atomic E-state index is 0.0429. The molecule has 0 N–H and O–H groups in total. The van der Waals surface area contributed by atoms with Crippen molar-refractivity contribution in [1.29, 1.82) is 0 Å². The van der Waals surface area contributed by atoms with Gasteiger partial charge in [-0.25, -0.2) is 4.79 Å². The van der Waals surface area contributed by atoms with Gasteiger partial charge in [-0.1, -0.05) is 58.7 Å². The summed E-state index contributed by atoms with van der Waals surface area (Å²) in [5.74, 6) is -0.577. The molecule has 0 bridgehead atoms. The second-order valence-electron chi connectivity index (χ2n) is 4.36. The van der Waals surface area contributed by atoms with Gasteiger partial charge in [-0.2, -0.15) is 0 Å². The first-order valence-electron chi connectivity index (χ1n) is 6.38. The van der Waals surface area contributed by atoms with Crippen LogP contribution in [0, 0.1) is 0 Å². The number of rotatable bonds is 4. The molecule has 0 saturated carbocycles. The molecule has 0 radical (unpaired) electrons. The van der Waals surface area contributed by atoms with Crippen LogP contribution in [-0.2, 0) is 4.84 Å². The molecule has 6 heteroatoms. The highest BCUT2D eigenvalue weighted by Gasteiger charge is 2.21. The lowest BCUT2D eigenvalue weighted by atomic mass is 10.1. The van der Waals surface area contributed by atoms with Gasteiger partial charge in [0.15, 0.2) is 5.75 Å². The summed E-state index contributed by atoms with van der Waals surface area (Å²) < 4.78 is 5.10. The Hall–Kier alpha value is -2.04. The van der Waals surface area contributed by atoms with Crippen LogP contribution < -0.4 is 4.74 Å². The summed E-state index contributed by atoms with van der Waals surface area (Å²) in [5.41, 5.74) is 1.45. The third kappa shape index (κ3) is 3.59. The molecule has 0 fully saturated rings. The fourth-order valence-electron chi connectivity index (χ4n) is 1.81. The highest BCUT2D eigenvalue weighted by atomic mass is 35.5. The number of hydrogen-bond acceptors (Lipinski definition) is 4. The molecule has 0 aliphatic rings. The van der Waals surface area contributed by atoms with Crippen molar-refractivity contribution in [3.05, 3.63) is 63.6 Å². The highest BCUT2D eigenvalue weighted by molar-refractivity contribution is 6.37. The Kier molecular flexibility index (Phi) is 5.41. The summed E-state index contributed by atoms with van der Waals surface area (Å²) in [6.07, 6.45) is 0. The number of oxime groups is 1. The normalized spacial score (nSPS) is 11.2. The van der Waals surface area contributed by atoms with Gasteiger partial charge in [-0.05, 0) is 24.6 Å². The maximum atomic E-state index is 12.2. The first kappa shape index (κ1) is 16.3. The Morgan fingerprint density at radius 1 is 1.05 bits per heavy atom. The van der Waals surface area contributed by atoms with E-state index in [1.807, 2.05) is 30.3 Å². The molecule has 0 aromatic heterocycles. The molecule has 0 saturated heterocycles. The van der Waals surface area contributed by atoms with Crippen LogP contribution in [0.3, 0.4) is 0 Å². The summed E-state index contributed by atoms with van der Waals surface area (Å²) in [6.45, 7) is 1.74. The lowest BCUT2D eigenvalue weighted by Crippen LogP contribution is -2.07. The quantitative estimate of drug-likeness (QED) is 0.466. The smallest absolute Gasteiger partial charge is 0.371 e. The number of benzene rings is 2. The average molecular weight is 338 g/mol. The number of ether oxygens (including phenoxy) is 1. The van der Waals surface area contributed by atoms with E-state index in [9.17, 15) is 4.79 Å². The predicted octanol–water partition coefficient (Wildman–Crippen LogP) is 4.58. The molecular weight excluding hydrogens is 325 g/mol. The Morgan fingerprint density at radius 2 is 1.68 bits per heavy atom. The van der Waals surface area contributed by atoms with Crippen molar-refractivity contribution in [3.63, 3.8) is 0 Å². The summed E-state index contributed by atoms with van der Waals surface area (Å²) in [5, 5.41) is 4.27. The first-order chi connectivity index (χ1) is 10.5. The zero-order valence-electron chi connectivity index (χ0n) is 12.0. The molecule has 0 unspecified atom stereocenters. The van der Waals surface area contributed by atoms with Crippen LogP contribution in [0.15, 0.2) is 47.6 Å². The summed E-state index contributed by atoms with van der Waals surface area (Å²) >= 11 is 12.0. The molecule has 22 heavy (non-hydrogen) atoms. The fourth-order valence-corrected chi connectivity index (χ4v) is 2.27. The van der Waals surface area contributed by atoms with Gasteiger partial charge < -0.3 is 9.57 Å². The van der Waals surface area contributed by atoms with Crippen molar-refractivity contribution in [1.82, 2.24) is 0 Å². The molecule has 0 aliphatic carbocycles. The molecule has 2 aromatic rings. The van der Waals surface area contributed by atoms with Crippen molar-refractivity contribution >= 4 is 34.9 Å². The summed E-state index contributed by atoms with van der Waals surface area (Å²) in [4.78, 5) is 17.1. The van der Waals surface area contributed by atoms with E-state index >= 15 is 0 Å². The van der Waals surface area contributed by atoms with Crippen LogP contribution in [0.4, 0.5) is 0 Å². The first-order valence-corrected chi connectivity index (χ1v) is 7.13. The van der Waals surface area contributed by atoms with Crippen LogP contribution in [0.5, 0.6) is 5.75 Å². The molecule has 4 nitrogen and oxygen atoms in total. The van der Waals surface area contributed by atoms with Gasteiger partial charge in [0.05, 0.1) is 22.9 Å². The van der Waals surface area contributed by atoms with Gasteiger partial charge >= 0.3 is 5.97 Å². The maximum absolute atomic E-state index is 12.2. The van der Waals surface area contributed by atoms with E-state index in [2.05, 4.69) is 5.16 Å². The van der Waals surface area contributed by atoms with E-state index in [4.69, 9.17) is 32.8 Å². The van der Waals surface area contributed by atoms with Crippen molar-refractivity contribution in [2.75, 3.05) is 7.11 Å². The maximum Gasteiger partial charge on any atom is 0.371 e. The molecule has 0 spiro atoms.